The number of fused-ring (bicyclic) bond motifs is 6. The summed E-state index contributed by atoms with van der Waals surface area (Å²) in [6.45, 7) is 0. The summed E-state index contributed by atoms with van der Waals surface area (Å²) in [5.74, 6) is 0. The highest BCUT2D eigenvalue weighted by atomic mass is 19.4. The fourth-order valence-corrected chi connectivity index (χ4v) is 13.3. The highest BCUT2D eigenvalue weighted by Gasteiger charge is 2.42. The Labute approximate surface area is 546 Å². The van der Waals surface area contributed by atoms with Crippen molar-refractivity contribution in [2.45, 2.75) is 12.4 Å². The summed E-state index contributed by atoms with van der Waals surface area (Å²) in [5.41, 5.74) is 9.92. The van der Waals surface area contributed by atoms with Crippen molar-refractivity contribution in [3.05, 3.63) is 314 Å². The number of alkyl halides is 6. The molecule has 6 heterocycles. The molecule has 0 saturated carbocycles. The number of benzene rings is 10. The van der Waals surface area contributed by atoms with Gasteiger partial charge >= 0.3 is 12.4 Å². The van der Waals surface area contributed by atoms with Crippen LogP contribution in [0, 0.1) is 11.3 Å². The molecule has 16 rings (SSSR count). The summed E-state index contributed by atoms with van der Waals surface area (Å²) in [6, 6.07) is 85.1. The second-order valence-corrected chi connectivity index (χ2v) is 23.5. The minimum atomic E-state index is -5.28. The zero-order valence-corrected chi connectivity index (χ0v) is 50.7. The molecule has 0 amide bonds. The van der Waals surface area contributed by atoms with Gasteiger partial charge in [-0.2, -0.15) is 31.6 Å². The summed E-state index contributed by atoms with van der Waals surface area (Å²) < 4.78 is 99.3. The third-order valence-corrected chi connectivity index (χ3v) is 17.8. The third-order valence-electron chi connectivity index (χ3n) is 17.8. The van der Waals surface area contributed by atoms with Gasteiger partial charge in [0.2, 0.25) is 0 Å². The number of halogens is 6. The Bertz CT molecular complexity index is 5140. The van der Waals surface area contributed by atoms with Crippen LogP contribution in [0.1, 0.15) is 16.7 Å². The molecule has 0 unspecified atom stereocenters. The van der Waals surface area contributed by atoms with Crippen molar-refractivity contribution in [2.75, 3.05) is 0 Å². The second kappa shape index (κ2) is 23.5. The highest BCUT2D eigenvalue weighted by molar-refractivity contribution is 6.13. The first-order chi connectivity index (χ1) is 46.8. The predicted octanol–water partition coefficient (Wildman–Crippen LogP) is 22.4. The first-order valence-corrected chi connectivity index (χ1v) is 30.9. The van der Waals surface area contributed by atoms with Crippen molar-refractivity contribution in [1.82, 2.24) is 29.1 Å². The Hall–Kier alpha value is -12.5. The number of pyridine rings is 4. The molecule has 0 atom stereocenters. The molecule has 0 aliphatic heterocycles. The van der Waals surface area contributed by atoms with Crippen molar-refractivity contribution >= 4 is 43.6 Å². The zero-order valence-electron chi connectivity index (χ0n) is 50.7. The molecule has 0 radical (unpaired) electrons. The number of nitriles is 1. The summed E-state index contributed by atoms with van der Waals surface area (Å²) in [7, 11) is 0. The Morgan fingerprint density at radius 3 is 0.802 bits per heavy atom. The second-order valence-electron chi connectivity index (χ2n) is 23.5. The monoisotopic (exact) mass is 1260 g/mol. The lowest BCUT2D eigenvalue weighted by Gasteiger charge is -2.23. The summed E-state index contributed by atoms with van der Waals surface area (Å²) in [5, 5.41) is 15.1. The number of nitrogens with zero attached hydrogens (tertiary/aromatic N) is 7. The van der Waals surface area contributed by atoms with Gasteiger partial charge in [0, 0.05) is 74.1 Å². The van der Waals surface area contributed by atoms with Gasteiger partial charge < -0.3 is 9.13 Å². The van der Waals surface area contributed by atoms with Crippen LogP contribution in [0.5, 0.6) is 0 Å². The average Bonchev–Trinajstić information content (AvgIpc) is 1.53. The number of rotatable bonds is 11. The van der Waals surface area contributed by atoms with Crippen LogP contribution in [0.2, 0.25) is 0 Å². The predicted molar refractivity (Wildman–Crippen MR) is 370 cm³/mol. The Morgan fingerprint density at radius 2 is 0.542 bits per heavy atom. The number of hydrogen-bond acceptors (Lipinski definition) is 5. The van der Waals surface area contributed by atoms with E-state index in [1.54, 1.807) is 24.8 Å². The summed E-state index contributed by atoms with van der Waals surface area (Å²) in [4.78, 5) is 18.8. The van der Waals surface area contributed by atoms with E-state index in [4.69, 9.17) is 19.9 Å². The highest BCUT2D eigenvalue weighted by Crippen LogP contribution is 2.49. The van der Waals surface area contributed by atoms with Crippen LogP contribution in [0.25, 0.3) is 156 Å². The Morgan fingerprint density at radius 1 is 0.271 bits per heavy atom. The number of hydrogen-bond donors (Lipinski definition) is 0. The van der Waals surface area contributed by atoms with Crippen molar-refractivity contribution in [1.29, 1.82) is 5.26 Å². The molecule has 6 aromatic heterocycles. The van der Waals surface area contributed by atoms with Crippen molar-refractivity contribution in [3.8, 4) is 118 Å². The quantitative estimate of drug-likeness (QED) is 0.120. The van der Waals surface area contributed by atoms with Gasteiger partial charge in [-0.1, -0.05) is 176 Å². The van der Waals surface area contributed by atoms with Gasteiger partial charge in [0.15, 0.2) is 0 Å². The van der Waals surface area contributed by atoms with Crippen LogP contribution in [-0.4, -0.2) is 29.1 Å². The van der Waals surface area contributed by atoms with E-state index in [9.17, 15) is 5.26 Å². The van der Waals surface area contributed by atoms with Crippen molar-refractivity contribution < 1.29 is 26.3 Å². The molecule has 13 heteroatoms. The molecule has 0 N–H and O–H groups in total. The third kappa shape index (κ3) is 10.6. The lowest BCUT2D eigenvalue weighted by atomic mass is 9.91. The minimum absolute atomic E-state index is 0.0226. The van der Waals surface area contributed by atoms with E-state index in [0.29, 0.717) is 78.5 Å². The average molecular weight is 1260 g/mol. The van der Waals surface area contributed by atoms with E-state index in [1.807, 2.05) is 252 Å². The van der Waals surface area contributed by atoms with Crippen LogP contribution in [0.3, 0.4) is 0 Å². The van der Waals surface area contributed by atoms with E-state index in [2.05, 4.69) is 6.07 Å². The fourth-order valence-electron chi connectivity index (χ4n) is 13.3. The Balaban J connectivity index is 1.03. The number of aromatic nitrogens is 6. The Kier molecular flexibility index (Phi) is 14.4. The van der Waals surface area contributed by atoms with Gasteiger partial charge in [-0.15, -0.1) is 0 Å². The molecule has 10 aromatic carbocycles. The molecule has 96 heavy (non-hydrogen) atoms. The van der Waals surface area contributed by atoms with Crippen molar-refractivity contribution in [3.63, 3.8) is 0 Å². The van der Waals surface area contributed by atoms with Gasteiger partial charge in [0.1, 0.15) is 11.6 Å². The van der Waals surface area contributed by atoms with Gasteiger partial charge in [-0.3, -0.25) is 19.9 Å². The lowest BCUT2D eigenvalue weighted by molar-refractivity contribution is -0.142. The van der Waals surface area contributed by atoms with E-state index in [0.717, 1.165) is 72.8 Å². The first-order valence-electron chi connectivity index (χ1n) is 30.9. The van der Waals surface area contributed by atoms with Gasteiger partial charge in [-0.05, 0) is 147 Å². The molecule has 16 aromatic rings. The van der Waals surface area contributed by atoms with E-state index in [1.165, 1.54) is 12.1 Å². The van der Waals surface area contributed by atoms with E-state index < -0.39 is 34.6 Å². The zero-order chi connectivity index (χ0) is 65.2. The maximum Gasteiger partial charge on any atom is 0.417 e. The molecule has 7 nitrogen and oxygen atoms in total. The maximum atomic E-state index is 16.0. The van der Waals surface area contributed by atoms with Gasteiger partial charge in [-0.25, -0.2) is 0 Å². The van der Waals surface area contributed by atoms with Crippen molar-refractivity contribution in [2.24, 2.45) is 0 Å². The maximum absolute atomic E-state index is 16.0. The largest absolute Gasteiger partial charge is 0.417 e. The molecule has 0 fully saturated rings. The van der Waals surface area contributed by atoms with Crippen LogP contribution in [-0.2, 0) is 12.4 Å². The standard InChI is InChI=1S/C83H49F6N7/c84-82(85,86)69-22-13-23-70(83(87,88)89)81(69)63-48-79(95-75-44-55(59-32-36-91-71(40-59)51-14-5-1-6-15-51)24-28-64(75)65-29-25-56(45-76(65)95)60-33-37-92-72(41-60)52-16-7-2-8-17-52)68(50-90)80(49-63)96-77-46-57(61-34-38-93-73(42-61)53-18-9-3-10-19-53)26-30-66(77)67-31-27-58(47-78(67)96)62-35-39-94-74(43-62)54-20-11-4-12-21-54/h1-49H. The summed E-state index contributed by atoms with van der Waals surface area (Å²) in [6.07, 6.45) is -3.68. The fraction of sp³-hybridized carbons (Fsp3) is 0.0241. The normalized spacial score (nSPS) is 11.8. The molecule has 458 valence electrons. The molecular weight excluding hydrogens is 1210 g/mol. The molecule has 0 spiro atoms. The minimum Gasteiger partial charge on any atom is -0.308 e. The van der Waals surface area contributed by atoms with Crippen LogP contribution in [0.15, 0.2) is 298 Å². The smallest absolute Gasteiger partial charge is 0.308 e. The lowest BCUT2D eigenvalue weighted by Crippen LogP contribution is -2.15. The van der Waals surface area contributed by atoms with E-state index in [-0.39, 0.29) is 16.9 Å². The van der Waals surface area contributed by atoms with Gasteiger partial charge in [0.05, 0.1) is 67.3 Å². The molecule has 0 aliphatic rings. The topological polar surface area (TPSA) is 85.2 Å². The SMILES string of the molecule is N#Cc1c(-n2c3cc(-c4ccnc(-c5ccccc5)c4)ccc3c3ccc(-c4ccnc(-c5ccccc5)c4)cc32)cc(-c2c(C(F)(F)F)cccc2C(F)(F)F)cc1-n1c2cc(-c3ccnc(-c4ccccc4)c3)ccc2c2ccc(-c3ccnc(-c4ccccc4)c3)cc21. The van der Waals surface area contributed by atoms with Crippen LogP contribution >= 0.6 is 0 Å². The molecule has 0 saturated heterocycles. The first kappa shape index (κ1) is 58.5. The molecule has 0 aliphatic carbocycles. The van der Waals surface area contributed by atoms with E-state index >= 15 is 26.3 Å². The van der Waals surface area contributed by atoms with Crippen LogP contribution < -0.4 is 0 Å². The van der Waals surface area contributed by atoms with Crippen LogP contribution in [0.4, 0.5) is 26.3 Å². The molecule has 0 bridgehead atoms. The summed E-state index contributed by atoms with van der Waals surface area (Å²) >= 11 is 0. The molecular formula is C83H49F6N7. The van der Waals surface area contributed by atoms with Gasteiger partial charge in [0.25, 0.3) is 0 Å².